The zero-order valence-electron chi connectivity index (χ0n) is 11.0. The van der Waals surface area contributed by atoms with Crippen LogP contribution in [0.4, 0.5) is 0 Å². The molecular formula is C15H21N3. The molecule has 1 unspecified atom stereocenters. The highest BCUT2D eigenvalue weighted by Gasteiger charge is 2.24. The van der Waals surface area contributed by atoms with Crippen molar-refractivity contribution in [3.63, 3.8) is 0 Å². The first-order valence-corrected chi connectivity index (χ1v) is 6.97. The van der Waals surface area contributed by atoms with Gasteiger partial charge in [-0.15, -0.1) is 0 Å². The standard InChI is InChI=1S/C15H21N3/c1-2-18-14-6-4-3-5-13(14)17-15(18)10-12(16)9-11-7-8-11/h3-6,11-12H,2,7-10,16H2,1H3. The minimum atomic E-state index is 0.264. The Balaban J connectivity index is 1.85. The summed E-state index contributed by atoms with van der Waals surface area (Å²) < 4.78 is 2.29. The molecule has 3 rings (SSSR count). The molecule has 1 atom stereocenters. The quantitative estimate of drug-likeness (QED) is 0.877. The molecule has 1 aliphatic carbocycles. The van der Waals surface area contributed by atoms with Crippen LogP contribution in [0.25, 0.3) is 11.0 Å². The van der Waals surface area contributed by atoms with E-state index in [4.69, 9.17) is 10.7 Å². The van der Waals surface area contributed by atoms with E-state index >= 15 is 0 Å². The second-order valence-electron chi connectivity index (χ2n) is 5.40. The van der Waals surface area contributed by atoms with Crippen LogP contribution in [0.2, 0.25) is 0 Å². The molecule has 1 aliphatic rings. The van der Waals surface area contributed by atoms with E-state index in [9.17, 15) is 0 Å². The molecule has 18 heavy (non-hydrogen) atoms. The summed E-state index contributed by atoms with van der Waals surface area (Å²) in [5, 5.41) is 0. The summed E-state index contributed by atoms with van der Waals surface area (Å²) >= 11 is 0. The average Bonchev–Trinajstić information content (AvgIpc) is 3.09. The number of aromatic nitrogens is 2. The summed E-state index contributed by atoms with van der Waals surface area (Å²) in [6, 6.07) is 8.60. The lowest BCUT2D eigenvalue weighted by Crippen LogP contribution is -2.25. The molecule has 0 radical (unpaired) electrons. The van der Waals surface area contributed by atoms with Crippen LogP contribution < -0.4 is 5.73 Å². The van der Waals surface area contributed by atoms with Gasteiger partial charge >= 0.3 is 0 Å². The van der Waals surface area contributed by atoms with Gasteiger partial charge in [0, 0.05) is 19.0 Å². The molecule has 0 bridgehead atoms. The molecule has 1 fully saturated rings. The third kappa shape index (κ3) is 2.27. The second kappa shape index (κ2) is 4.73. The largest absolute Gasteiger partial charge is 0.328 e. The molecule has 1 heterocycles. The molecule has 2 N–H and O–H groups in total. The van der Waals surface area contributed by atoms with Gasteiger partial charge < -0.3 is 10.3 Å². The summed E-state index contributed by atoms with van der Waals surface area (Å²) in [7, 11) is 0. The maximum Gasteiger partial charge on any atom is 0.111 e. The molecule has 0 aliphatic heterocycles. The first-order chi connectivity index (χ1) is 8.78. The highest BCUT2D eigenvalue weighted by molar-refractivity contribution is 5.75. The van der Waals surface area contributed by atoms with E-state index in [0.717, 1.165) is 36.6 Å². The van der Waals surface area contributed by atoms with E-state index in [-0.39, 0.29) is 6.04 Å². The molecule has 2 aromatic rings. The third-order valence-corrected chi connectivity index (χ3v) is 3.83. The fourth-order valence-electron chi connectivity index (χ4n) is 2.73. The number of para-hydroxylation sites is 2. The van der Waals surface area contributed by atoms with E-state index in [0.29, 0.717) is 0 Å². The van der Waals surface area contributed by atoms with Crippen molar-refractivity contribution < 1.29 is 0 Å². The summed E-state index contributed by atoms with van der Waals surface area (Å²) in [5.74, 6) is 2.03. The van der Waals surface area contributed by atoms with Crippen molar-refractivity contribution in [3.05, 3.63) is 30.1 Å². The van der Waals surface area contributed by atoms with Gasteiger partial charge in [-0.05, 0) is 31.4 Å². The average molecular weight is 243 g/mol. The predicted octanol–water partition coefficient (Wildman–Crippen LogP) is 2.73. The number of hydrogen-bond donors (Lipinski definition) is 1. The first kappa shape index (κ1) is 11.7. The molecule has 0 amide bonds. The maximum absolute atomic E-state index is 6.24. The summed E-state index contributed by atoms with van der Waals surface area (Å²) in [6.07, 6.45) is 4.81. The van der Waals surface area contributed by atoms with Gasteiger partial charge in [0.15, 0.2) is 0 Å². The normalized spacial score (nSPS) is 17.2. The van der Waals surface area contributed by atoms with Crippen LogP contribution in [0, 0.1) is 5.92 Å². The van der Waals surface area contributed by atoms with E-state index < -0.39 is 0 Å². The van der Waals surface area contributed by atoms with Crippen molar-refractivity contribution in [3.8, 4) is 0 Å². The van der Waals surface area contributed by atoms with E-state index in [2.05, 4.69) is 29.7 Å². The zero-order chi connectivity index (χ0) is 12.5. The highest BCUT2D eigenvalue weighted by atomic mass is 15.1. The fraction of sp³-hybridized carbons (Fsp3) is 0.533. The Morgan fingerprint density at radius 3 is 2.89 bits per heavy atom. The number of benzene rings is 1. The highest BCUT2D eigenvalue weighted by Crippen LogP contribution is 2.33. The van der Waals surface area contributed by atoms with Gasteiger partial charge in [-0.2, -0.15) is 0 Å². The minimum Gasteiger partial charge on any atom is -0.328 e. The van der Waals surface area contributed by atoms with Gasteiger partial charge in [-0.25, -0.2) is 4.98 Å². The van der Waals surface area contributed by atoms with E-state index in [1.54, 1.807) is 0 Å². The van der Waals surface area contributed by atoms with Crippen LogP contribution in [0.5, 0.6) is 0 Å². The smallest absolute Gasteiger partial charge is 0.111 e. The molecule has 3 heteroatoms. The van der Waals surface area contributed by atoms with Crippen LogP contribution in [0.15, 0.2) is 24.3 Å². The molecule has 1 aromatic heterocycles. The Labute approximate surface area is 108 Å². The first-order valence-electron chi connectivity index (χ1n) is 6.97. The lowest BCUT2D eigenvalue weighted by Gasteiger charge is -2.12. The van der Waals surface area contributed by atoms with Crippen molar-refractivity contribution >= 4 is 11.0 Å². The van der Waals surface area contributed by atoms with Gasteiger partial charge in [-0.1, -0.05) is 25.0 Å². The van der Waals surface area contributed by atoms with Gasteiger partial charge in [-0.3, -0.25) is 0 Å². The van der Waals surface area contributed by atoms with Crippen LogP contribution in [0.1, 0.15) is 32.0 Å². The zero-order valence-corrected chi connectivity index (χ0v) is 11.0. The van der Waals surface area contributed by atoms with Gasteiger partial charge in [0.2, 0.25) is 0 Å². The van der Waals surface area contributed by atoms with Crippen molar-refractivity contribution in [1.82, 2.24) is 9.55 Å². The van der Waals surface area contributed by atoms with Crippen molar-refractivity contribution in [2.45, 2.75) is 45.2 Å². The Bertz CT molecular complexity index is 540. The summed E-state index contributed by atoms with van der Waals surface area (Å²) in [4.78, 5) is 4.73. The van der Waals surface area contributed by atoms with Crippen LogP contribution in [-0.2, 0) is 13.0 Å². The molecule has 3 nitrogen and oxygen atoms in total. The van der Waals surface area contributed by atoms with Gasteiger partial charge in [0.25, 0.3) is 0 Å². The monoisotopic (exact) mass is 243 g/mol. The van der Waals surface area contributed by atoms with E-state index in [1.165, 1.54) is 18.4 Å². The molecule has 96 valence electrons. The number of hydrogen-bond acceptors (Lipinski definition) is 2. The van der Waals surface area contributed by atoms with Crippen LogP contribution in [0.3, 0.4) is 0 Å². The summed E-state index contributed by atoms with van der Waals surface area (Å²) in [6.45, 7) is 3.13. The number of fused-ring (bicyclic) bond motifs is 1. The van der Waals surface area contributed by atoms with Crippen molar-refractivity contribution in [1.29, 1.82) is 0 Å². The number of nitrogens with two attached hydrogens (primary N) is 1. The van der Waals surface area contributed by atoms with Crippen LogP contribution >= 0.6 is 0 Å². The summed E-state index contributed by atoms with van der Waals surface area (Å²) in [5.41, 5.74) is 8.56. The molecular weight excluding hydrogens is 222 g/mol. The minimum absolute atomic E-state index is 0.264. The molecule has 0 saturated heterocycles. The Hall–Kier alpha value is -1.35. The van der Waals surface area contributed by atoms with Gasteiger partial charge in [0.1, 0.15) is 5.82 Å². The number of nitrogens with zero attached hydrogens (tertiary/aromatic N) is 2. The van der Waals surface area contributed by atoms with E-state index in [1.807, 2.05) is 6.07 Å². The van der Waals surface area contributed by atoms with Crippen LogP contribution in [-0.4, -0.2) is 15.6 Å². The topological polar surface area (TPSA) is 43.8 Å². The second-order valence-corrected chi connectivity index (χ2v) is 5.40. The molecule has 1 aromatic carbocycles. The Kier molecular flexibility index (Phi) is 3.08. The van der Waals surface area contributed by atoms with Crippen molar-refractivity contribution in [2.75, 3.05) is 0 Å². The number of rotatable bonds is 5. The van der Waals surface area contributed by atoms with Crippen molar-refractivity contribution in [2.24, 2.45) is 11.7 Å². The number of aryl methyl sites for hydroxylation is 1. The fourth-order valence-corrected chi connectivity index (χ4v) is 2.73. The number of imidazole rings is 1. The third-order valence-electron chi connectivity index (χ3n) is 3.83. The Morgan fingerprint density at radius 1 is 1.39 bits per heavy atom. The van der Waals surface area contributed by atoms with Gasteiger partial charge in [0.05, 0.1) is 11.0 Å². The Morgan fingerprint density at radius 2 is 2.17 bits per heavy atom. The predicted molar refractivity (Wildman–Crippen MR) is 74.4 cm³/mol. The molecule has 1 saturated carbocycles. The maximum atomic E-state index is 6.24. The lowest BCUT2D eigenvalue weighted by molar-refractivity contribution is 0.541. The molecule has 0 spiro atoms. The SMILES string of the molecule is CCn1c(CC(N)CC2CC2)nc2ccccc21. The lowest BCUT2D eigenvalue weighted by atomic mass is 10.1.